The predicted molar refractivity (Wildman–Crippen MR) is 101 cm³/mol. The molecule has 1 atom stereocenters. The molecule has 144 valence electrons. The van der Waals surface area contributed by atoms with E-state index in [0.29, 0.717) is 19.8 Å². The Bertz CT molecular complexity index is 239. The quantitative estimate of drug-likeness (QED) is 0.292. The van der Waals surface area contributed by atoms with Crippen LogP contribution in [0.4, 0.5) is 0 Å². The van der Waals surface area contributed by atoms with E-state index in [0.717, 1.165) is 13.0 Å². The van der Waals surface area contributed by atoms with Crippen molar-refractivity contribution in [1.82, 2.24) is 0 Å². The van der Waals surface area contributed by atoms with Gasteiger partial charge in [-0.05, 0) is 6.42 Å². The van der Waals surface area contributed by atoms with Crippen LogP contribution in [0, 0.1) is 0 Å². The van der Waals surface area contributed by atoms with Gasteiger partial charge in [0, 0.05) is 6.61 Å². The van der Waals surface area contributed by atoms with Gasteiger partial charge in [0.05, 0.1) is 19.8 Å². The first kappa shape index (κ1) is 21.9. The second-order valence-corrected chi connectivity index (χ2v) is 7.20. The van der Waals surface area contributed by atoms with Crippen LogP contribution < -0.4 is 0 Å². The highest BCUT2D eigenvalue weighted by Crippen LogP contribution is 2.13. The predicted octanol–water partition coefficient (Wildman–Crippen LogP) is 6.25. The number of hydrogen-bond donors (Lipinski definition) is 0. The molecule has 0 saturated carbocycles. The molecule has 0 bridgehead atoms. The number of ether oxygens (including phenoxy) is 3. The van der Waals surface area contributed by atoms with Gasteiger partial charge >= 0.3 is 0 Å². The van der Waals surface area contributed by atoms with E-state index in [1.807, 2.05) is 0 Å². The Morgan fingerprint density at radius 2 is 1.17 bits per heavy atom. The van der Waals surface area contributed by atoms with E-state index in [2.05, 4.69) is 6.92 Å². The van der Waals surface area contributed by atoms with E-state index < -0.39 is 0 Å². The first-order chi connectivity index (χ1) is 11.9. The minimum absolute atomic E-state index is 0.120. The summed E-state index contributed by atoms with van der Waals surface area (Å²) in [5, 5.41) is 0. The van der Waals surface area contributed by atoms with Gasteiger partial charge in [-0.15, -0.1) is 0 Å². The summed E-state index contributed by atoms with van der Waals surface area (Å²) in [5.74, 6) is 0. The van der Waals surface area contributed by atoms with Crippen LogP contribution >= 0.6 is 0 Å². The van der Waals surface area contributed by atoms with Crippen LogP contribution in [0.3, 0.4) is 0 Å². The summed E-state index contributed by atoms with van der Waals surface area (Å²) in [6, 6.07) is 0. The summed E-state index contributed by atoms with van der Waals surface area (Å²) in [7, 11) is 0. The second kappa shape index (κ2) is 17.7. The van der Waals surface area contributed by atoms with E-state index in [-0.39, 0.29) is 6.29 Å². The van der Waals surface area contributed by atoms with Gasteiger partial charge in [0.1, 0.15) is 0 Å². The summed E-state index contributed by atoms with van der Waals surface area (Å²) >= 11 is 0. The first-order valence-corrected chi connectivity index (χ1v) is 10.7. The van der Waals surface area contributed by atoms with Crippen molar-refractivity contribution in [2.75, 3.05) is 26.4 Å². The van der Waals surface area contributed by atoms with Gasteiger partial charge in [-0.1, -0.05) is 96.8 Å². The molecule has 0 radical (unpaired) electrons. The summed E-state index contributed by atoms with van der Waals surface area (Å²) in [6.07, 6.45) is 20.8. The molecule has 0 aliphatic carbocycles. The topological polar surface area (TPSA) is 27.7 Å². The van der Waals surface area contributed by atoms with Crippen molar-refractivity contribution in [1.29, 1.82) is 0 Å². The maximum Gasteiger partial charge on any atom is 0.180 e. The van der Waals surface area contributed by atoms with Crippen molar-refractivity contribution in [2.24, 2.45) is 0 Å². The van der Waals surface area contributed by atoms with Crippen LogP contribution in [0.2, 0.25) is 0 Å². The fraction of sp³-hybridized carbons (Fsp3) is 1.00. The zero-order valence-corrected chi connectivity index (χ0v) is 16.2. The van der Waals surface area contributed by atoms with Crippen molar-refractivity contribution >= 4 is 0 Å². The molecule has 1 saturated heterocycles. The van der Waals surface area contributed by atoms with Gasteiger partial charge in [0.25, 0.3) is 0 Å². The summed E-state index contributed by atoms with van der Waals surface area (Å²) in [5.41, 5.74) is 0. The molecule has 0 aromatic heterocycles. The molecule has 1 aliphatic rings. The second-order valence-electron chi connectivity index (χ2n) is 7.20. The molecule has 1 fully saturated rings. The van der Waals surface area contributed by atoms with Crippen LogP contribution in [0.15, 0.2) is 0 Å². The molecule has 1 aliphatic heterocycles. The third-order valence-electron chi connectivity index (χ3n) is 4.84. The molecule has 1 unspecified atom stereocenters. The Morgan fingerprint density at radius 3 is 1.62 bits per heavy atom. The van der Waals surface area contributed by atoms with Crippen molar-refractivity contribution < 1.29 is 14.2 Å². The zero-order chi connectivity index (χ0) is 17.1. The molecular formula is C21H42O3. The molecule has 1 heterocycles. The molecule has 0 N–H and O–H groups in total. The molecular weight excluding hydrogens is 300 g/mol. The molecule has 0 amide bonds. The SMILES string of the molecule is CCCCCCCCCCCCCCCCCOC1COCCO1. The number of rotatable bonds is 17. The van der Waals surface area contributed by atoms with Crippen LogP contribution in [-0.2, 0) is 14.2 Å². The van der Waals surface area contributed by atoms with Gasteiger partial charge < -0.3 is 14.2 Å². The van der Waals surface area contributed by atoms with E-state index >= 15 is 0 Å². The monoisotopic (exact) mass is 342 g/mol. The van der Waals surface area contributed by atoms with E-state index in [1.165, 1.54) is 89.9 Å². The first-order valence-electron chi connectivity index (χ1n) is 10.7. The van der Waals surface area contributed by atoms with Crippen molar-refractivity contribution in [2.45, 2.75) is 110 Å². The van der Waals surface area contributed by atoms with E-state index in [9.17, 15) is 0 Å². The normalized spacial score (nSPS) is 18.1. The lowest BCUT2D eigenvalue weighted by atomic mass is 10.0. The van der Waals surface area contributed by atoms with Crippen LogP contribution in [-0.4, -0.2) is 32.7 Å². The Labute approximate surface area is 150 Å². The van der Waals surface area contributed by atoms with Crippen LogP contribution in [0.1, 0.15) is 103 Å². The largest absolute Gasteiger partial charge is 0.374 e. The van der Waals surface area contributed by atoms with Gasteiger partial charge in [-0.25, -0.2) is 0 Å². The summed E-state index contributed by atoms with van der Waals surface area (Å²) < 4.78 is 16.4. The highest BCUT2D eigenvalue weighted by atomic mass is 16.7. The zero-order valence-electron chi connectivity index (χ0n) is 16.2. The average Bonchev–Trinajstić information content (AvgIpc) is 2.62. The molecule has 1 rings (SSSR count). The standard InChI is InChI=1S/C21H42O3/c1-2-3-4-5-6-7-8-9-10-11-12-13-14-15-16-17-23-21-20-22-18-19-24-21/h21H,2-20H2,1H3. The van der Waals surface area contributed by atoms with Crippen molar-refractivity contribution in [3.05, 3.63) is 0 Å². The minimum atomic E-state index is -0.120. The summed E-state index contributed by atoms with van der Waals surface area (Å²) in [4.78, 5) is 0. The van der Waals surface area contributed by atoms with Crippen LogP contribution in [0.5, 0.6) is 0 Å². The molecule has 3 nitrogen and oxygen atoms in total. The average molecular weight is 343 g/mol. The number of hydrogen-bond acceptors (Lipinski definition) is 3. The maximum absolute atomic E-state index is 5.65. The minimum Gasteiger partial charge on any atom is -0.374 e. The Morgan fingerprint density at radius 1 is 0.667 bits per heavy atom. The number of unbranched alkanes of at least 4 members (excludes halogenated alkanes) is 14. The third-order valence-corrected chi connectivity index (χ3v) is 4.84. The maximum atomic E-state index is 5.65. The van der Waals surface area contributed by atoms with Gasteiger partial charge in [-0.3, -0.25) is 0 Å². The molecule has 0 spiro atoms. The Kier molecular flexibility index (Phi) is 16.2. The smallest absolute Gasteiger partial charge is 0.180 e. The molecule has 0 aromatic carbocycles. The van der Waals surface area contributed by atoms with Gasteiger partial charge in [-0.2, -0.15) is 0 Å². The van der Waals surface area contributed by atoms with Crippen molar-refractivity contribution in [3.63, 3.8) is 0 Å². The fourth-order valence-corrected chi connectivity index (χ4v) is 3.25. The van der Waals surface area contributed by atoms with E-state index in [1.54, 1.807) is 0 Å². The Hall–Kier alpha value is -0.120. The molecule has 24 heavy (non-hydrogen) atoms. The van der Waals surface area contributed by atoms with Crippen LogP contribution in [0.25, 0.3) is 0 Å². The highest BCUT2D eigenvalue weighted by molar-refractivity contribution is 4.51. The Balaban J connectivity index is 1.66. The lowest BCUT2D eigenvalue weighted by molar-refractivity contribution is -0.211. The van der Waals surface area contributed by atoms with Gasteiger partial charge in [0.2, 0.25) is 0 Å². The third kappa shape index (κ3) is 14.2. The van der Waals surface area contributed by atoms with E-state index in [4.69, 9.17) is 14.2 Å². The lowest BCUT2D eigenvalue weighted by Gasteiger charge is -2.22. The lowest BCUT2D eigenvalue weighted by Crippen LogP contribution is -2.31. The van der Waals surface area contributed by atoms with Crippen molar-refractivity contribution in [3.8, 4) is 0 Å². The highest BCUT2D eigenvalue weighted by Gasteiger charge is 2.13. The van der Waals surface area contributed by atoms with Gasteiger partial charge in [0.15, 0.2) is 6.29 Å². The summed E-state index contributed by atoms with van der Waals surface area (Å²) in [6.45, 7) is 5.07. The molecule has 3 heteroatoms. The fourth-order valence-electron chi connectivity index (χ4n) is 3.25. The molecule has 0 aromatic rings.